The molecule has 7 heteroatoms. The third-order valence-corrected chi connectivity index (χ3v) is 3.97. The van der Waals surface area contributed by atoms with Crippen LogP contribution in [0.3, 0.4) is 0 Å². The van der Waals surface area contributed by atoms with Gasteiger partial charge in [0.2, 0.25) is 0 Å². The number of ether oxygens (including phenoxy) is 1. The van der Waals surface area contributed by atoms with Crippen molar-refractivity contribution in [1.82, 2.24) is 0 Å². The summed E-state index contributed by atoms with van der Waals surface area (Å²) in [5.74, 6) is -3.32. The maximum atomic E-state index is 13.5. The van der Waals surface area contributed by atoms with Gasteiger partial charge in [-0.1, -0.05) is 0 Å². The van der Waals surface area contributed by atoms with Crippen LogP contribution in [0.2, 0.25) is 0 Å². The van der Waals surface area contributed by atoms with E-state index in [1.807, 2.05) is 0 Å². The van der Waals surface area contributed by atoms with Crippen LogP contribution in [0.15, 0.2) is 18.2 Å². The lowest BCUT2D eigenvalue weighted by Crippen LogP contribution is -2.29. The zero-order valence-electron chi connectivity index (χ0n) is 11.7. The average molecular weight is 320 g/mol. The van der Waals surface area contributed by atoms with Crippen LogP contribution in [0.1, 0.15) is 36.0 Å². The Morgan fingerprint density at radius 1 is 1.23 bits per heavy atom. The van der Waals surface area contributed by atoms with Crippen molar-refractivity contribution in [2.45, 2.75) is 31.9 Å². The minimum absolute atomic E-state index is 0.000751. The lowest BCUT2D eigenvalue weighted by atomic mass is 9.82. The molecule has 0 unspecified atom stereocenters. The normalized spacial score (nSPS) is 22.4. The van der Waals surface area contributed by atoms with Crippen molar-refractivity contribution in [3.63, 3.8) is 0 Å². The maximum absolute atomic E-state index is 13.5. The Morgan fingerprint density at radius 3 is 2.36 bits per heavy atom. The average Bonchev–Trinajstić information content (AvgIpc) is 2.44. The first kappa shape index (κ1) is 16.6. The van der Waals surface area contributed by atoms with Gasteiger partial charge in [0.05, 0.1) is 18.1 Å². The molecule has 1 aromatic carbocycles. The first-order valence-corrected chi connectivity index (χ1v) is 6.99. The molecule has 1 aromatic rings. The highest BCUT2D eigenvalue weighted by Crippen LogP contribution is 2.39. The number of aromatic carboxylic acids is 1. The highest BCUT2D eigenvalue weighted by Gasteiger charge is 2.41. The van der Waals surface area contributed by atoms with Gasteiger partial charge in [0.15, 0.2) is 0 Å². The molecule has 122 valence electrons. The topological polar surface area (TPSA) is 46.5 Å². The second-order valence-electron chi connectivity index (χ2n) is 5.52. The Hall–Kier alpha value is -1.79. The van der Waals surface area contributed by atoms with Gasteiger partial charge in [0.1, 0.15) is 11.6 Å². The number of hydrogen-bond acceptors (Lipinski definition) is 2. The molecule has 2 rings (SSSR count). The first-order valence-electron chi connectivity index (χ1n) is 6.99. The molecule has 0 amide bonds. The molecular formula is C15H16F4O3. The number of carbonyl (C=O) groups is 1. The van der Waals surface area contributed by atoms with Gasteiger partial charge in [0, 0.05) is 6.07 Å². The van der Waals surface area contributed by atoms with Gasteiger partial charge in [-0.05, 0) is 43.7 Å². The van der Waals surface area contributed by atoms with E-state index in [2.05, 4.69) is 0 Å². The molecule has 22 heavy (non-hydrogen) atoms. The molecule has 0 spiro atoms. The van der Waals surface area contributed by atoms with Crippen LogP contribution in [0, 0.1) is 17.7 Å². The minimum atomic E-state index is -4.14. The van der Waals surface area contributed by atoms with Gasteiger partial charge in [-0.25, -0.2) is 9.18 Å². The van der Waals surface area contributed by atoms with Crippen LogP contribution in [0.4, 0.5) is 17.6 Å². The summed E-state index contributed by atoms with van der Waals surface area (Å²) in [5, 5.41) is 8.71. The number of carboxylic acids is 1. The highest BCUT2D eigenvalue weighted by molar-refractivity contribution is 5.88. The Balaban J connectivity index is 1.85. The molecule has 3 nitrogen and oxygen atoms in total. The zero-order valence-corrected chi connectivity index (χ0v) is 11.7. The standard InChI is InChI=1S/C15H16F4O3/c16-13-7-11(5-6-12(13)14(20)21)22-8-9-1-3-10(4-2-9)15(17,18)19/h5-7,9-10H,1-4,8H2,(H,20,21). The molecular weight excluding hydrogens is 304 g/mol. The van der Waals surface area contributed by atoms with E-state index < -0.39 is 29.4 Å². The number of alkyl halides is 3. The maximum Gasteiger partial charge on any atom is 0.391 e. The molecule has 1 fully saturated rings. The van der Waals surface area contributed by atoms with Crippen molar-refractivity contribution in [2.75, 3.05) is 6.61 Å². The van der Waals surface area contributed by atoms with Crippen LogP contribution in [-0.4, -0.2) is 23.9 Å². The smallest absolute Gasteiger partial charge is 0.391 e. The molecule has 0 heterocycles. The van der Waals surface area contributed by atoms with E-state index in [0.29, 0.717) is 12.8 Å². The molecule has 0 atom stereocenters. The lowest BCUT2D eigenvalue weighted by molar-refractivity contribution is -0.184. The van der Waals surface area contributed by atoms with Gasteiger partial charge in [0.25, 0.3) is 0 Å². The molecule has 0 aliphatic heterocycles. The molecule has 0 saturated heterocycles. The number of rotatable bonds is 4. The fraction of sp³-hybridized carbons (Fsp3) is 0.533. The minimum Gasteiger partial charge on any atom is -0.493 e. The van der Waals surface area contributed by atoms with Crippen molar-refractivity contribution in [3.8, 4) is 5.75 Å². The fourth-order valence-corrected chi connectivity index (χ4v) is 2.63. The second kappa shape index (κ2) is 6.54. The SMILES string of the molecule is O=C(O)c1ccc(OCC2CCC(C(F)(F)F)CC2)cc1F. The van der Waals surface area contributed by atoms with Crippen molar-refractivity contribution < 1.29 is 32.2 Å². The lowest BCUT2D eigenvalue weighted by Gasteiger charge is -2.29. The van der Waals surface area contributed by atoms with E-state index in [0.717, 1.165) is 12.1 Å². The summed E-state index contributed by atoms with van der Waals surface area (Å²) < 4.78 is 56.5. The van der Waals surface area contributed by atoms with Crippen molar-refractivity contribution in [3.05, 3.63) is 29.6 Å². The van der Waals surface area contributed by atoms with Crippen LogP contribution >= 0.6 is 0 Å². The summed E-state index contributed by atoms with van der Waals surface area (Å²) in [5.41, 5.74) is -0.446. The third-order valence-electron chi connectivity index (χ3n) is 3.97. The summed E-state index contributed by atoms with van der Waals surface area (Å²) in [4.78, 5) is 10.7. The Kier molecular flexibility index (Phi) is 4.93. The van der Waals surface area contributed by atoms with E-state index >= 15 is 0 Å². The van der Waals surface area contributed by atoms with Crippen LogP contribution in [0.25, 0.3) is 0 Å². The summed E-state index contributed by atoms with van der Waals surface area (Å²) in [7, 11) is 0. The highest BCUT2D eigenvalue weighted by atomic mass is 19.4. The molecule has 0 aromatic heterocycles. The number of carboxylic acid groups (broad SMARTS) is 1. The summed E-state index contributed by atoms with van der Waals surface area (Å²) in [6.07, 6.45) is -3.13. The van der Waals surface area contributed by atoms with Gasteiger partial charge in [-0.15, -0.1) is 0 Å². The largest absolute Gasteiger partial charge is 0.493 e. The predicted octanol–water partition coefficient (Wildman–Crippen LogP) is 4.27. The number of halogens is 4. The van der Waals surface area contributed by atoms with Crippen molar-refractivity contribution in [1.29, 1.82) is 0 Å². The first-order chi connectivity index (χ1) is 10.3. The Bertz CT molecular complexity index is 534. The summed E-state index contributed by atoms with van der Waals surface area (Å²) in [6.45, 7) is 0.205. The predicted molar refractivity (Wildman–Crippen MR) is 70.4 cm³/mol. The summed E-state index contributed by atoms with van der Waals surface area (Å²) >= 11 is 0. The van der Waals surface area contributed by atoms with E-state index in [9.17, 15) is 22.4 Å². The van der Waals surface area contributed by atoms with Crippen molar-refractivity contribution >= 4 is 5.97 Å². The molecule has 1 aliphatic carbocycles. The fourth-order valence-electron chi connectivity index (χ4n) is 2.63. The molecule has 1 saturated carbocycles. The van der Waals surface area contributed by atoms with Gasteiger partial charge in [-0.3, -0.25) is 0 Å². The van der Waals surface area contributed by atoms with Crippen LogP contribution < -0.4 is 4.74 Å². The molecule has 0 radical (unpaired) electrons. The Labute approximate surface area is 124 Å². The van der Waals surface area contributed by atoms with Gasteiger partial charge >= 0.3 is 12.1 Å². The van der Waals surface area contributed by atoms with E-state index in [4.69, 9.17) is 9.84 Å². The Morgan fingerprint density at radius 2 is 1.86 bits per heavy atom. The quantitative estimate of drug-likeness (QED) is 0.843. The third kappa shape index (κ3) is 4.11. The molecule has 1 N–H and O–H groups in total. The van der Waals surface area contributed by atoms with Gasteiger partial charge in [-0.2, -0.15) is 13.2 Å². The number of benzene rings is 1. The van der Waals surface area contributed by atoms with E-state index in [1.54, 1.807) is 0 Å². The monoisotopic (exact) mass is 320 g/mol. The summed E-state index contributed by atoms with van der Waals surface area (Å²) in [6, 6.07) is 3.42. The number of hydrogen-bond donors (Lipinski definition) is 1. The molecule has 0 bridgehead atoms. The van der Waals surface area contributed by atoms with E-state index in [1.165, 1.54) is 6.07 Å². The van der Waals surface area contributed by atoms with Crippen LogP contribution in [-0.2, 0) is 0 Å². The molecule has 1 aliphatic rings. The van der Waals surface area contributed by atoms with Crippen molar-refractivity contribution in [2.24, 2.45) is 11.8 Å². The second-order valence-corrected chi connectivity index (χ2v) is 5.52. The van der Waals surface area contributed by atoms with Crippen LogP contribution in [0.5, 0.6) is 5.75 Å². The van der Waals surface area contributed by atoms with E-state index in [-0.39, 0.29) is 31.1 Å². The van der Waals surface area contributed by atoms with Gasteiger partial charge < -0.3 is 9.84 Å². The zero-order chi connectivity index (χ0) is 16.3.